The van der Waals surface area contributed by atoms with Gasteiger partial charge < -0.3 is 10.3 Å². The minimum Gasteiger partial charge on any atom is -0.348 e. The Hall–Kier alpha value is -1.09. The maximum Gasteiger partial charge on any atom is 0.0925 e. The van der Waals surface area contributed by atoms with Crippen LogP contribution in [0.15, 0.2) is 18.5 Å². The Balaban J connectivity index is 1.71. The summed E-state index contributed by atoms with van der Waals surface area (Å²) in [5, 5.41) is 3.48. The minimum atomic E-state index is 0.814. The van der Waals surface area contributed by atoms with Crippen molar-refractivity contribution in [2.45, 2.75) is 32.7 Å². The molecule has 1 aliphatic carbocycles. The zero-order chi connectivity index (χ0) is 10.5. The van der Waals surface area contributed by atoms with Crippen molar-refractivity contribution in [2.24, 2.45) is 5.92 Å². The molecule has 0 spiro atoms. The number of aromatic amines is 1. The lowest BCUT2D eigenvalue weighted by molar-refractivity contribution is 0.439. The summed E-state index contributed by atoms with van der Waals surface area (Å²) in [6, 6.07) is 0. The fourth-order valence-electron chi connectivity index (χ4n) is 2.00. The first-order valence-electron chi connectivity index (χ1n) is 5.71. The standard InChI is InChI=1S/C12H19N3/c1-10-12(15-9-14-10)8-13-7-11-5-3-2-4-6-11/h2-3,9,11,13H,4-8H2,1H3,(H,14,15). The highest BCUT2D eigenvalue weighted by Crippen LogP contribution is 2.16. The summed E-state index contributed by atoms with van der Waals surface area (Å²) in [4.78, 5) is 7.36. The molecule has 82 valence electrons. The van der Waals surface area contributed by atoms with Crippen molar-refractivity contribution >= 4 is 0 Å². The van der Waals surface area contributed by atoms with E-state index < -0.39 is 0 Å². The molecule has 0 fully saturated rings. The van der Waals surface area contributed by atoms with Crippen LogP contribution in [0.25, 0.3) is 0 Å². The Kier molecular flexibility index (Phi) is 3.56. The average Bonchev–Trinajstić information content (AvgIpc) is 2.66. The van der Waals surface area contributed by atoms with Crippen LogP contribution >= 0.6 is 0 Å². The van der Waals surface area contributed by atoms with E-state index in [1.54, 1.807) is 6.33 Å². The van der Waals surface area contributed by atoms with E-state index in [9.17, 15) is 0 Å². The fraction of sp³-hybridized carbons (Fsp3) is 0.583. The minimum absolute atomic E-state index is 0.814. The molecular formula is C12H19N3. The summed E-state index contributed by atoms with van der Waals surface area (Å²) in [5.41, 5.74) is 2.31. The highest BCUT2D eigenvalue weighted by Gasteiger charge is 2.09. The lowest BCUT2D eigenvalue weighted by Crippen LogP contribution is -2.23. The molecular weight excluding hydrogens is 186 g/mol. The zero-order valence-corrected chi connectivity index (χ0v) is 9.29. The van der Waals surface area contributed by atoms with Gasteiger partial charge in [-0.1, -0.05) is 12.2 Å². The third-order valence-corrected chi connectivity index (χ3v) is 3.04. The van der Waals surface area contributed by atoms with Gasteiger partial charge in [-0.3, -0.25) is 0 Å². The van der Waals surface area contributed by atoms with Crippen LogP contribution in [0.2, 0.25) is 0 Å². The van der Waals surface area contributed by atoms with E-state index in [-0.39, 0.29) is 0 Å². The molecule has 0 saturated carbocycles. The van der Waals surface area contributed by atoms with Gasteiger partial charge in [-0.25, -0.2) is 4.98 Å². The molecule has 0 bridgehead atoms. The van der Waals surface area contributed by atoms with Gasteiger partial charge in [-0.05, 0) is 38.6 Å². The van der Waals surface area contributed by atoms with Gasteiger partial charge in [0.25, 0.3) is 0 Å². The van der Waals surface area contributed by atoms with Crippen molar-refractivity contribution in [2.75, 3.05) is 6.54 Å². The summed E-state index contributed by atoms with van der Waals surface area (Å²) in [5.74, 6) is 0.814. The molecule has 3 nitrogen and oxygen atoms in total. The van der Waals surface area contributed by atoms with Crippen LogP contribution in [0.1, 0.15) is 30.7 Å². The van der Waals surface area contributed by atoms with Crippen molar-refractivity contribution < 1.29 is 0 Å². The van der Waals surface area contributed by atoms with Gasteiger partial charge in [0.15, 0.2) is 0 Å². The Morgan fingerprint density at radius 3 is 3.13 bits per heavy atom. The van der Waals surface area contributed by atoms with Crippen molar-refractivity contribution in [3.8, 4) is 0 Å². The Morgan fingerprint density at radius 2 is 2.47 bits per heavy atom. The normalized spacial score (nSPS) is 20.7. The van der Waals surface area contributed by atoms with Crippen LogP contribution in [0, 0.1) is 12.8 Å². The fourth-order valence-corrected chi connectivity index (χ4v) is 2.00. The summed E-state index contributed by atoms with van der Waals surface area (Å²) in [6.45, 7) is 4.06. The second-order valence-electron chi connectivity index (χ2n) is 4.26. The van der Waals surface area contributed by atoms with Gasteiger partial charge in [-0.15, -0.1) is 0 Å². The SMILES string of the molecule is Cc1[nH]cnc1CNCC1CC=CCC1. The lowest BCUT2D eigenvalue weighted by Gasteiger charge is -2.17. The van der Waals surface area contributed by atoms with Crippen LogP contribution < -0.4 is 5.32 Å². The van der Waals surface area contributed by atoms with Crippen LogP contribution in [-0.4, -0.2) is 16.5 Å². The van der Waals surface area contributed by atoms with Gasteiger partial charge in [0.05, 0.1) is 12.0 Å². The maximum atomic E-state index is 4.27. The third kappa shape index (κ3) is 2.93. The van der Waals surface area contributed by atoms with E-state index in [4.69, 9.17) is 0 Å². The van der Waals surface area contributed by atoms with E-state index in [1.165, 1.54) is 25.0 Å². The van der Waals surface area contributed by atoms with Crippen LogP contribution in [0.3, 0.4) is 0 Å². The number of allylic oxidation sites excluding steroid dienone is 2. The first-order chi connectivity index (χ1) is 7.36. The number of rotatable bonds is 4. The molecule has 3 heteroatoms. The first-order valence-corrected chi connectivity index (χ1v) is 5.71. The Morgan fingerprint density at radius 1 is 1.53 bits per heavy atom. The van der Waals surface area contributed by atoms with Crippen molar-refractivity contribution in [1.82, 2.24) is 15.3 Å². The van der Waals surface area contributed by atoms with E-state index >= 15 is 0 Å². The number of nitrogens with one attached hydrogen (secondary N) is 2. The summed E-state index contributed by atoms with van der Waals surface area (Å²) in [6.07, 6.45) is 10.1. The summed E-state index contributed by atoms with van der Waals surface area (Å²) < 4.78 is 0. The smallest absolute Gasteiger partial charge is 0.0925 e. The summed E-state index contributed by atoms with van der Waals surface area (Å²) >= 11 is 0. The van der Waals surface area contributed by atoms with E-state index in [2.05, 4.69) is 34.4 Å². The number of H-pyrrole nitrogens is 1. The Bertz CT molecular complexity index is 327. The molecule has 0 saturated heterocycles. The predicted molar refractivity (Wildman–Crippen MR) is 61.5 cm³/mol. The van der Waals surface area contributed by atoms with E-state index in [0.717, 1.165) is 24.7 Å². The van der Waals surface area contributed by atoms with Crippen LogP contribution in [0.5, 0.6) is 0 Å². The molecule has 1 unspecified atom stereocenters. The zero-order valence-electron chi connectivity index (χ0n) is 9.29. The van der Waals surface area contributed by atoms with Crippen LogP contribution in [0.4, 0.5) is 0 Å². The largest absolute Gasteiger partial charge is 0.348 e. The molecule has 1 aromatic heterocycles. The van der Waals surface area contributed by atoms with Crippen molar-refractivity contribution in [1.29, 1.82) is 0 Å². The number of hydrogen-bond donors (Lipinski definition) is 2. The van der Waals surface area contributed by atoms with E-state index in [0.29, 0.717) is 0 Å². The van der Waals surface area contributed by atoms with Crippen molar-refractivity contribution in [3.63, 3.8) is 0 Å². The monoisotopic (exact) mass is 205 g/mol. The molecule has 2 rings (SSSR count). The first kappa shape index (κ1) is 10.4. The quantitative estimate of drug-likeness (QED) is 0.740. The van der Waals surface area contributed by atoms with Gasteiger partial charge in [0.2, 0.25) is 0 Å². The molecule has 1 atom stereocenters. The molecule has 1 heterocycles. The van der Waals surface area contributed by atoms with Crippen molar-refractivity contribution in [3.05, 3.63) is 29.9 Å². The molecule has 15 heavy (non-hydrogen) atoms. The summed E-state index contributed by atoms with van der Waals surface area (Å²) in [7, 11) is 0. The molecule has 1 aliphatic rings. The van der Waals surface area contributed by atoms with Crippen LogP contribution in [-0.2, 0) is 6.54 Å². The van der Waals surface area contributed by atoms with Gasteiger partial charge >= 0.3 is 0 Å². The molecule has 0 amide bonds. The second kappa shape index (κ2) is 5.12. The molecule has 2 N–H and O–H groups in total. The average molecular weight is 205 g/mol. The number of aromatic nitrogens is 2. The second-order valence-corrected chi connectivity index (χ2v) is 4.26. The van der Waals surface area contributed by atoms with Gasteiger partial charge in [0.1, 0.15) is 0 Å². The maximum absolute atomic E-state index is 4.27. The van der Waals surface area contributed by atoms with Gasteiger partial charge in [0, 0.05) is 12.2 Å². The van der Waals surface area contributed by atoms with E-state index in [1.807, 2.05) is 0 Å². The number of hydrogen-bond acceptors (Lipinski definition) is 2. The lowest BCUT2D eigenvalue weighted by atomic mass is 9.94. The molecule has 1 aromatic rings. The molecule has 0 radical (unpaired) electrons. The molecule has 0 aliphatic heterocycles. The Labute approximate surface area is 91.0 Å². The number of imidazole rings is 1. The number of aryl methyl sites for hydroxylation is 1. The van der Waals surface area contributed by atoms with Gasteiger partial charge in [-0.2, -0.15) is 0 Å². The number of nitrogens with zero attached hydrogens (tertiary/aromatic N) is 1. The molecule has 0 aromatic carbocycles. The highest BCUT2D eigenvalue weighted by molar-refractivity contribution is 5.08. The predicted octanol–water partition coefficient (Wildman–Crippen LogP) is 2.16. The highest BCUT2D eigenvalue weighted by atomic mass is 14.9. The topological polar surface area (TPSA) is 40.7 Å². The third-order valence-electron chi connectivity index (χ3n) is 3.04.